The van der Waals surface area contributed by atoms with Crippen molar-refractivity contribution in [3.05, 3.63) is 35.4 Å². The summed E-state index contributed by atoms with van der Waals surface area (Å²) in [6.45, 7) is 0.570. The second kappa shape index (κ2) is 5.45. The van der Waals surface area contributed by atoms with Gasteiger partial charge in [0.05, 0.1) is 5.60 Å². The number of hydrogen-bond donors (Lipinski definition) is 0. The van der Waals surface area contributed by atoms with E-state index in [1.54, 1.807) is 0 Å². The summed E-state index contributed by atoms with van der Waals surface area (Å²) in [5.74, 6) is -0.136. The van der Waals surface area contributed by atoms with Crippen LogP contribution >= 0.6 is 11.8 Å². The van der Waals surface area contributed by atoms with E-state index in [0.717, 1.165) is 30.1 Å². The first-order valence-corrected chi connectivity index (χ1v) is 7.96. The number of rotatable bonds is 2. The fraction of sp³-hybridized carbons (Fsp3) is 0.533. The van der Waals surface area contributed by atoms with Gasteiger partial charge in [0.15, 0.2) is 17.4 Å². The summed E-state index contributed by atoms with van der Waals surface area (Å²) in [4.78, 5) is 12.5. The molecule has 1 aromatic carbocycles. The Balaban J connectivity index is 1.77. The molecule has 2 aliphatic heterocycles. The van der Waals surface area contributed by atoms with E-state index in [1.165, 1.54) is 6.07 Å². The molecule has 0 aromatic heterocycles. The Bertz CT molecular complexity index is 527. The normalized spacial score (nSPS) is 29.8. The predicted molar refractivity (Wildman–Crippen MR) is 74.0 cm³/mol. The molecule has 0 N–H and O–H groups in total. The van der Waals surface area contributed by atoms with Crippen LogP contribution < -0.4 is 0 Å². The molecule has 3 rings (SSSR count). The van der Waals surface area contributed by atoms with Gasteiger partial charge >= 0.3 is 0 Å². The molecule has 0 amide bonds. The average Bonchev–Trinajstić information content (AvgIpc) is 2.89. The molecular formula is C15H16F2O2S. The summed E-state index contributed by atoms with van der Waals surface area (Å²) in [5, 5.41) is 0. The average molecular weight is 298 g/mol. The minimum Gasteiger partial charge on any atom is -0.374 e. The minimum absolute atomic E-state index is 0.0940. The molecule has 2 aliphatic rings. The van der Waals surface area contributed by atoms with Crippen molar-refractivity contribution in [1.82, 2.24) is 0 Å². The zero-order valence-electron chi connectivity index (χ0n) is 11.0. The standard InChI is InChI=1S/C15H16F2O2S/c16-12-2-1-10(7-13(12)17)14(18)11-3-5-19-15(8-11)4-6-20-9-15/h1-2,7,11H,3-6,8-9H2. The lowest BCUT2D eigenvalue weighted by atomic mass is 9.81. The van der Waals surface area contributed by atoms with Crippen LogP contribution in [-0.2, 0) is 4.74 Å². The first kappa shape index (κ1) is 14.0. The topological polar surface area (TPSA) is 26.3 Å². The third-order valence-electron chi connectivity index (χ3n) is 4.14. The van der Waals surface area contributed by atoms with Gasteiger partial charge in [-0.25, -0.2) is 8.78 Å². The Morgan fingerprint density at radius 3 is 2.90 bits per heavy atom. The van der Waals surface area contributed by atoms with Crippen LogP contribution in [0.15, 0.2) is 18.2 Å². The lowest BCUT2D eigenvalue weighted by molar-refractivity contribution is -0.0734. The van der Waals surface area contributed by atoms with Gasteiger partial charge in [-0.3, -0.25) is 4.79 Å². The smallest absolute Gasteiger partial charge is 0.166 e. The highest BCUT2D eigenvalue weighted by Crippen LogP contribution is 2.41. The summed E-state index contributed by atoms with van der Waals surface area (Å²) in [5.41, 5.74) is 0.0820. The molecule has 2 fully saturated rings. The molecular weight excluding hydrogens is 282 g/mol. The molecule has 0 aliphatic carbocycles. The molecule has 0 saturated carbocycles. The predicted octanol–water partition coefficient (Wildman–Crippen LogP) is 3.45. The van der Waals surface area contributed by atoms with Crippen molar-refractivity contribution in [3.63, 3.8) is 0 Å². The number of hydrogen-bond acceptors (Lipinski definition) is 3. The van der Waals surface area contributed by atoms with Crippen LogP contribution in [0.5, 0.6) is 0 Å². The van der Waals surface area contributed by atoms with Crippen LogP contribution in [0.1, 0.15) is 29.6 Å². The van der Waals surface area contributed by atoms with Gasteiger partial charge in [0, 0.05) is 23.8 Å². The SMILES string of the molecule is O=C(c1ccc(F)c(F)c1)C1CCOC2(CCSC2)C1. The van der Waals surface area contributed by atoms with E-state index in [2.05, 4.69) is 0 Å². The maximum Gasteiger partial charge on any atom is 0.166 e. The number of ketones is 1. The Hall–Kier alpha value is -0.940. The number of benzene rings is 1. The monoisotopic (exact) mass is 298 g/mol. The van der Waals surface area contributed by atoms with Crippen molar-refractivity contribution in [3.8, 4) is 0 Å². The van der Waals surface area contributed by atoms with Crippen LogP contribution in [0.3, 0.4) is 0 Å². The quantitative estimate of drug-likeness (QED) is 0.782. The second-order valence-corrected chi connectivity index (χ2v) is 6.62. The van der Waals surface area contributed by atoms with Gasteiger partial charge in [-0.1, -0.05) is 0 Å². The van der Waals surface area contributed by atoms with Gasteiger partial charge in [-0.2, -0.15) is 11.8 Å². The Labute approximate surface area is 120 Å². The first-order chi connectivity index (χ1) is 9.60. The fourth-order valence-corrected chi connectivity index (χ4v) is 4.38. The third-order valence-corrected chi connectivity index (χ3v) is 5.36. The van der Waals surface area contributed by atoms with Crippen molar-refractivity contribution < 1.29 is 18.3 Å². The van der Waals surface area contributed by atoms with E-state index in [1.807, 2.05) is 11.8 Å². The third kappa shape index (κ3) is 2.61. The Kier molecular flexibility index (Phi) is 3.82. The number of carbonyl (C=O) groups excluding carboxylic acids is 1. The maximum absolute atomic E-state index is 13.2. The Morgan fingerprint density at radius 1 is 1.35 bits per heavy atom. The highest BCUT2D eigenvalue weighted by atomic mass is 32.2. The van der Waals surface area contributed by atoms with Crippen LogP contribution in [0.4, 0.5) is 8.78 Å². The zero-order valence-corrected chi connectivity index (χ0v) is 11.8. The summed E-state index contributed by atoms with van der Waals surface area (Å²) in [6, 6.07) is 3.39. The van der Waals surface area contributed by atoms with Crippen LogP contribution in [0.2, 0.25) is 0 Å². The van der Waals surface area contributed by atoms with Crippen LogP contribution in [0.25, 0.3) is 0 Å². The summed E-state index contributed by atoms with van der Waals surface area (Å²) in [7, 11) is 0. The van der Waals surface area contributed by atoms with Crippen molar-refractivity contribution in [2.75, 3.05) is 18.1 Å². The van der Waals surface area contributed by atoms with Gasteiger partial charge < -0.3 is 4.74 Å². The zero-order chi connectivity index (χ0) is 14.2. The van der Waals surface area contributed by atoms with Crippen molar-refractivity contribution >= 4 is 17.5 Å². The molecule has 108 valence electrons. The second-order valence-electron chi connectivity index (χ2n) is 5.52. The summed E-state index contributed by atoms with van der Waals surface area (Å²) < 4.78 is 32.1. The van der Waals surface area contributed by atoms with Gasteiger partial charge in [-0.15, -0.1) is 0 Å². The van der Waals surface area contributed by atoms with Crippen molar-refractivity contribution in [2.24, 2.45) is 5.92 Å². The van der Waals surface area contributed by atoms with Gasteiger partial charge in [0.1, 0.15) is 0 Å². The first-order valence-electron chi connectivity index (χ1n) is 6.81. The summed E-state index contributed by atoms with van der Waals surface area (Å²) >= 11 is 1.85. The highest BCUT2D eigenvalue weighted by Gasteiger charge is 2.42. The molecule has 2 atom stereocenters. The van der Waals surface area contributed by atoms with E-state index in [-0.39, 0.29) is 22.9 Å². The molecule has 2 unspecified atom stereocenters. The molecule has 5 heteroatoms. The van der Waals surface area contributed by atoms with E-state index >= 15 is 0 Å². The van der Waals surface area contributed by atoms with Gasteiger partial charge in [-0.05, 0) is 43.2 Å². The van der Waals surface area contributed by atoms with Crippen molar-refractivity contribution in [1.29, 1.82) is 0 Å². The van der Waals surface area contributed by atoms with E-state index in [4.69, 9.17) is 4.74 Å². The number of thioether (sulfide) groups is 1. The van der Waals surface area contributed by atoms with Crippen molar-refractivity contribution in [2.45, 2.75) is 24.9 Å². The number of halogens is 2. The van der Waals surface area contributed by atoms with Crippen LogP contribution in [0, 0.1) is 17.6 Å². The number of ether oxygens (including phenoxy) is 1. The minimum atomic E-state index is -0.964. The number of carbonyl (C=O) groups is 1. The van der Waals surface area contributed by atoms with E-state index in [9.17, 15) is 13.6 Å². The fourth-order valence-electron chi connectivity index (χ4n) is 3.00. The molecule has 0 radical (unpaired) electrons. The largest absolute Gasteiger partial charge is 0.374 e. The molecule has 2 heterocycles. The number of Topliss-reactive ketones (excluding diaryl/α,β-unsaturated/α-hetero) is 1. The highest BCUT2D eigenvalue weighted by molar-refractivity contribution is 7.99. The van der Waals surface area contributed by atoms with Crippen LogP contribution in [-0.4, -0.2) is 29.5 Å². The molecule has 2 nitrogen and oxygen atoms in total. The molecule has 1 aromatic rings. The molecule has 20 heavy (non-hydrogen) atoms. The molecule has 1 spiro atoms. The molecule has 2 saturated heterocycles. The summed E-state index contributed by atoms with van der Waals surface area (Å²) in [6.07, 6.45) is 2.32. The van der Waals surface area contributed by atoms with Gasteiger partial charge in [0.2, 0.25) is 0 Å². The van der Waals surface area contributed by atoms with E-state index < -0.39 is 11.6 Å². The lowest BCUT2D eigenvalue weighted by Gasteiger charge is -2.37. The lowest BCUT2D eigenvalue weighted by Crippen LogP contribution is -2.42. The molecule has 0 bridgehead atoms. The Morgan fingerprint density at radius 2 is 2.20 bits per heavy atom. The maximum atomic E-state index is 13.2. The van der Waals surface area contributed by atoms with Gasteiger partial charge in [0.25, 0.3) is 0 Å². The van der Waals surface area contributed by atoms with E-state index in [0.29, 0.717) is 19.4 Å².